The van der Waals surface area contributed by atoms with E-state index in [1.807, 2.05) is 24.3 Å². The van der Waals surface area contributed by atoms with Gasteiger partial charge in [-0.15, -0.1) is 0 Å². The molecule has 0 aliphatic carbocycles. The molecule has 1 aliphatic rings. The summed E-state index contributed by atoms with van der Waals surface area (Å²) in [6.07, 6.45) is 2.18. The highest BCUT2D eigenvalue weighted by Crippen LogP contribution is 2.34. The van der Waals surface area contributed by atoms with E-state index in [1.165, 1.54) is 12.1 Å². The van der Waals surface area contributed by atoms with Gasteiger partial charge >= 0.3 is 0 Å². The molecule has 0 aromatic heterocycles. The number of benzene rings is 2. The topological polar surface area (TPSA) is 23.5 Å². The van der Waals surface area contributed by atoms with Crippen molar-refractivity contribution in [3.05, 3.63) is 70.2 Å². The molecule has 1 N–H and O–H groups in total. The molecule has 0 saturated carbocycles. The van der Waals surface area contributed by atoms with Crippen LogP contribution in [0.4, 0.5) is 8.78 Å². The smallest absolute Gasteiger partial charge is 0.129 e. The number of hydrogen-bond donors (Lipinski definition) is 1. The van der Waals surface area contributed by atoms with Crippen LogP contribution in [-0.4, -0.2) is 29.7 Å². The van der Waals surface area contributed by atoms with Gasteiger partial charge in [0.05, 0.1) is 6.61 Å². The molecule has 1 atom stereocenters. The Balaban J connectivity index is 1.73. The monoisotopic (exact) mass is 365 g/mol. The van der Waals surface area contributed by atoms with E-state index in [4.69, 9.17) is 11.6 Å². The third-order valence-corrected chi connectivity index (χ3v) is 5.23. The van der Waals surface area contributed by atoms with Gasteiger partial charge < -0.3 is 5.11 Å². The lowest BCUT2D eigenvalue weighted by molar-refractivity contribution is 0.0283. The van der Waals surface area contributed by atoms with Gasteiger partial charge in [-0.2, -0.15) is 0 Å². The normalized spacial score (nSPS) is 21.4. The lowest BCUT2D eigenvalue weighted by atomic mass is 9.75. The average molecular weight is 366 g/mol. The maximum Gasteiger partial charge on any atom is 0.129 e. The van der Waals surface area contributed by atoms with Gasteiger partial charge in [-0.05, 0) is 55.1 Å². The third-order valence-electron chi connectivity index (χ3n) is 4.98. The molecule has 2 aromatic carbocycles. The number of aliphatic hydroxyl groups is 1. The van der Waals surface area contributed by atoms with Crippen molar-refractivity contribution in [2.75, 3.05) is 19.7 Å². The van der Waals surface area contributed by atoms with Gasteiger partial charge in [-0.3, -0.25) is 4.90 Å². The highest BCUT2D eigenvalue weighted by atomic mass is 35.5. The van der Waals surface area contributed by atoms with Crippen LogP contribution in [0.3, 0.4) is 0 Å². The molecule has 0 spiro atoms. The van der Waals surface area contributed by atoms with E-state index in [2.05, 4.69) is 4.90 Å². The fourth-order valence-electron chi connectivity index (χ4n) is 3.69. The van der Waals surface area contributed by atoms with E-state index < -0.39 is 17.0 Å². The Labute approximate surface area is 152 Å². The highest BCUT2D eigenvalue weighted by molar-refractivity contribution is 6.30. The number of nitrogens with zero attached hydrogens (tertiary/aromatic N) is 1. The molecule has 3 rings (SSSR count). The number of halogens is 3. The molecular weight excluding hydrogens is 344 g/mol. The molecule has 1 fully saturated rings. The molecule has 0 amide bonds. The molecule has 2 aromatic rings. The van der Waals surface area contributed by atoms with Crippen LogP contribution >= 0.6 is 11.6 Å². The first-order valence-electron chi connectivity index (χ1n) is 8.51. The summed E-state index contributed by atoms with van der Waals surface area (Å²) in [5.41, 5.74) is 1.22. The predicted octanol–water partition coefficient (Wildman–Crippen LogP) is 4.44. The molecule has 134 valence electrons. The fourth-order valence-corrected chi connectivity index (χ4v) is 3.82. The Morgan fingerprint density at radius 2 is 1.88 bits per heavy atom. The second-order valence-electron chi connectivity index (χ2n) is 7.01. The number of likely N-dealkylation sites (tertiary alicyclic amines) is 1. The summed E-state index contributed by atoms with van der Waals surface area (Å²) in [6.45, 7) is 2.38. The van der Waals surface area contributed by atoms with Gasteiger partial charge in [0.1, 0.15) is 11.6 Å². The van der Waals surface area contributed by atoms with Gasteiger partial charge in [-0.25, -0.2) is 8.78 Å². The Bertz CT molecular complexity index is 722. The zero-order valence-corrected chi connectivity index (χ0v) is 14.8. The molecular formula is C20H22ClF2NO. The minimum Gasteiger partial charge on any atom is -0.396 e. The Morgan fingerprint density at radius 3 is 2.56 bits per heavy atom. The van der Waals surface area contributed by atoms with Gasteiger partial charge in [0.25, 0.3) is 0 Å². The molecule has 0 unspecified atom stereocenters. The van der Waals surface area contributed by atoms with Crippen molar-refractivity contribution in [1.82, 2.24) is 4.90 Å². The maximum atomic E-state index is 14.0. The van der Waals surface area contributed by atoms with Gasteiger partial charge in [0.2, 0.25) is 0 Å². The van der Waals surface area contributed by atoms with E-state index in [-0.39, 0.29) is 6.61 Å². The Kier molecular flexibility index (Phi) is 5.72. The standard InChI is InChI=1S/C20H22ClF2NO/c21-17-5-2-15(3-6-17)12-24-9-1-8-20(13-24,14-25)11-16-4-7-18(22)10-19(16)23/h2-7,10,25H,1,8-9,11-14H2/t20-/m1/s1. The van der Waals surface area contributed by atoms with E-state index in [0.717, 1.165) is 37.6 Å². The molecule has 25 heavy (non-hydrogen) atoms. The van der Waals surface area contributed by atoms with Gasteiger partial charge in [0, 0.05) is 29.6 Å². The van der Waals surface area contributed by atoms with Crippen molar-refractivity contribution < 1.29 is 13.9 Å². The van der Waals surface area contributed by atoms with Crippen LogP contribution in [0.15, 0.2) is 42.5 Å². The first kappa shape index (κ1) is 18.3. The summed E-state index contributed by atoms with van der Waals surface area (Å²) in [7, 11) is 0. The Hall–Kier alpha value is -1.49. The van der Waals surface area contributed by atoms with E-state index >= 15 is 0 Å². The van der Waals surface area contributed by atoms with Crippen molar-refractivity contribution in [2.45, 2.75) is 25.8 Å². The fraction of sp³-hybridized carbons (Fsp3) is 0.400. The maximum absolute atomic E-state index is 14.0. The van der Waals surface area contributed by atoms with E-state index in [0.29, 0.717) is 23.6 Å². The van der Waals surface area contributed by atoms with Gasteiger partial charge in [-0.1, -0.05) is 29.8 Å². The molecule has 1 aliphatic heterocycles. The molecule has 5 heteroatoms. The predicted molar refractivity (Wildman–Crippen MR) is 95.5 cm³/mol. The van der Waals surface area contributed by atoms with Crippen molar-refractivity contribution in [2.24, 2.45) is 5.41 Å². The molecule has 0 radical (unpaired) electrons. The molecule has 0 bridgehead atoms. The van der Waals surface area contributed by atoms with Crippen LogP contribution in [0.25, 0.3) is 0 Å². The summed E-state index contributed by atoms with van der Waals surface area (Å²) in [5.74, 6) is -1.12. The van der Waals surface area contributed by atoms with Gasteiger partial charge in [0.15, 0.2) is 0 Å². The summed E-state index contributed by atoms with van der Waals surface area (Å²) in [5, 5.41) is 10.7. The highest BCUT2D eigenvalue weighted by Gasteiger charge is 2.35. The summed E-state index contributed by atoms with van der Waals surface area (Å²) in [4.78, 5) is 2.28. The zero-order valence-electron chi connectivity index (χ0n) is 14.0. The number of aliphatic hydroxyl groups excluding tert-OH is 1. The molecule has 2 nitrogen and oxygen atoms in total. The molecule has 1 saturated heterocycles. The first-order chi connectivity index (χ1) is 12.0. The third kappa shape index (κ3) is 4.57. The lowest BCUT2D eigenvalue weighted by Gasteiger charge is -2.42. The Morgan fingerprint density at radius 1 is 1.12 bits per heavy atom. The van der Waals surface area contributed by atoms with Crippen LogP contribution in [0.1, 0.15) is 24.0 Å². The van der Waals surface area contributed by atoms with Crippen LogP contribution in [0, 0.1) is 17.0 Å². The summed E-state index contributed by atoms with van der Waals surface area (Å²) in [6, 6.07) is 11.4. The van der Waals surface area contributed by atoms with Crippen molar-refractivity contribution >= 4 is 11.6 Å². The van der Waals surface area contributed by atoms with Crippen molar-refractivity contribution in [1.29, 1.82) is 0 Å². The van der Waals surface area contributed by atoms with Crippen LogP contribution in [0.5, 0.6) is 0 Å². The van der Waals surface area contributed by atoms with Crippen LogP contribution in [-0.2, 0) is 13.0 Å². The zero-order chi connectivity index (χ0) is 17.9. The van der Waals surface area contributed by atoms with Crippen LogP contribution in [0.2, 0.25) is 5.02 Å². The second kappa shape index (κ2) is 7.81. The quantitative estimate of drug-likeness (QED) is 0.847. The van der Waals surface area contributed by atoms with Crippen LogP contribution < -0.4 is 0 Å². The lowest BCUT2D eigenvalue weighted by Crippen LogP contribution is -2.46. The number of hydrogen-bond acceptors (Lipinski definition) is 2. The first-order valence-corrected chi connectivity index (χ1v) is 8.89. The number of piperidine rings is 1. The SMILES string of the molecule is OC[C@@]1(Cc2ccc(F)cc2F)CCCN(Cc2ccc(Cl)cc2)C1. The van der Waals surface area contributed by atoms with E-state index in [1.54, 1.807) is 0 Å². The largest absolute Gasteiger partial charge is 0.396 e. The van der Waals surface area contributed by atoms with Crippen molar-refractivity contribution in [3.63, 3.8) is 0 Å². The number of rotatable bonds is 5. The average Bonchev–Trinajstić information content (AvgIpc) is 2.60. The van der Waals surface area contributed by atoms with Crippen molar-refractivity contribution in [3.8, 4) is 0 Å². The summed E-state index contributed by atoms with van der Waals surface area (Å²) < 4.78 is 27.2. The summed E-state index contributed by atoms with van der Waals surface area (Å²) >= 11 is 5.93. The van der Waals surface area contributed by atoms with E-state index in [9.17, 15) is 13.9 Å². The second-order valence-corrected chi connectivity index (χ2v) is 7.45. The minimum atomic E-state index is -0.577. The minimum absolute atomic E-state index is 0.0130. The molecule has 1 heterocycles.